The van der Waals surface area contributed by atoms with E-state index in [1.165, 1.54) is 6.20 Å². The van der Waals surface area contributed by atoms with E-state index in [0.717, 1.165) is 0 Å². The minimum atomic E-state index is -1.12. The fourth-order valence-electron chi connectivity index (χ4n) is 1.66. The van der Waals surface area contributed by atoms with Crippen LogP contribution in [0.1, 0.15) is 25.0 Å². The number of nitrogens with zero attached hydrogens (tertiary/aromatic N) is 1. The molecule has 0 N–H and O–H groups in total. The molecule has 5 nitrogen and oxygen atoms in total. The highest BCUT2D eigenvalue weighted by atomic mass is 16.6. The highest BCUT2D eigenvalue weighted by Crippen LogP contribution is 2.21. The monoisotopic (exact) mass is 285 g/mol. The lowest BCUT2D eigenvalue weighted by molar-refractivity contribution is -0.162. The number of rotatable bonds is 5. The van der Waals surface area contributed by atoms with Crippen molar-refractivity contribution in [2.24, 2.45) is 0 Å². The number of esters is 2. The number of benzene rings is 1. The van der Waals surface area contributed by atoms with Gasteiger partial charge in [0.1, 0.15) is 5.75 Å². The zero-order valence-corrected chi connectivity index (χ0v) is 11.6. The molecule has 0 radical (unpaired) electrons. The van der Waals surface area contributed by atoms with Crippen LogP contribution >= 0.6 is 0 Å². The second-order valence-corrected chi connectivity index (χ2v) is 4.24. The molecule has 108 valence electrons. The molecule has 5 heteroatoms. The number of para-hydroxylation sites is 1. The van der Waals surface area contributed by atoms with E-state index in [1.54, 1.807) is 49.5 Å². The molecule has 0 aliphatic heterocycles. The lowest BCUT2D eigenvalue weighted by Crippen LogP contribution is -2.24. The Hall–Kier alpha value is -2.69. The van der Waals surface area contributed by atoms with Crippen molar-refractivity contribution in [1.29, 1.82) is 0 Å². The Kier molecular flexibility index (Phi) is 5.04. The van der Waals surface area contributed by atoms with E-state index in [-0.39, 0.29) is 6.42 Å². The average molecular weight is 285 g/mol. The zero-order valence-electron chi connectivity index (χ0n) is 11.6. The van der Waals surface area contributed by atoms with Crippen LogP contribution in [0.2, 0.25) is 0 Å². The van der Waals surface area contributed by atoms with E-state index in [0.29, 0.717) is 11.3 Å². The van der Waals surface area contributed by atoms with Gasteiger partial charge in [-0.05, 0) is 18.2 Å². The summed E-state index contributed by atoms with van der Waals surface area (Å²) in [6, 6.07) is 11.9. The second kappa shape index (κ2) is 7.19. The fraction of sp³-hybridized carbons (Fsp3) is 0.188. The van der Waals surface area contributed by atoms with Crippen LogP contribution in [-0.2, 0) is 14.3 Å². The topological polar surface area (TPSA) is 65.5 Å². The molecular formula is C16H15NO4. The number of hydrogen-bond acceptors (Lipinski definition) is 5. The molecule has 0 aliphatic rings. The Labute approximate surface area is 122 Å². The van der Waals surface area contributed by atoms with Crippen molar-refractivity contribution < 1.29 is 19.1 Å². The van der Waals surface area contributed by atoms with Crippen LogP contribution in [-0.4, -0.2) is 16.9 Å². The largest absolute Gasteiger partial charge is 0.445 e. The van der Waals surface area contributed by atoms with Gasteiger partial charge < -0.3 is 9.47 Å². The number of pyridine rings is 1. The lowest BCUT2D eigenvalue weighted by Gasteiger charge is -2.16. The minimum absolute atomic E-state index is 0.176. The molecule has 1 atom stereocenters. The van der Waals surface area contributed by atoms with Gasteiger partial charge in [-0.15, -0.1) is 0 Å². The van der Waals surface area contributed by atoms with Crippen LogP contribution in [0.3, 0.4) is 0 Å². The Balaban J connectivity index is 2.18. The van der Waals surface area contributed by atoms with Crippen LogP contribution in [0, 0.1) is 0 Å². The maximum atomic E-state index is 12.2. The van der Waals surface area contributed by atoms with Gasteiger partial charge in [-0.25, -0.2) is 4.79 Å². The Bertz CT molecular complexity index is 598. The number of hydrogen-bond donors (Lipinski definition) is 0. The summed E-state index contributed by atoms with van der Waals surface area (Å²) in [6.07, 6.45) is 2.10. The maximum absolute atomic E-state index is 12.2. The van der Waals surface area contributed by atoms with E-state index in [9.17, 15) is 9.59 Å². The van der Waals surface area contributed by atoms with Crippen LogP contribution in [0.5, 0.6) is 5.75 Å². The van der Waals surface area contributed by atoms with Crippen molar-refractivity contribution in [3.63, 3.8) is 0 Å². The van der Waals surface area contributed by atoms with E-state index in [1.807, 2.05) is 6.07 Å². The van der Waals surface area contributed by atoms with Gasteiger partial charge in [0.15, 0.2) is 0 Å². The Morgan fingerprint density at radius 3 is 2.52 bits per heavy atom. The number of ether oxygens (including phenoxy) is 2. The second-order valence-electron chi connectivity index (χ2n) is 4.24. The molecule has 0 bridgehead atoms. The van der Waals surface area contributed by atoms with E-state index in [2.05, 4.69) is 4.98 Å². The first-order chi connectivity index (χ1) is 10.2. The SMILES string of the molecule is CCC(=O)OC(C(=O)Oc1ccccc1)c1cccnc1. The summed E-state index contributed by atoms with van der Waals surface area (Å²) in [5, 5.41) is 0. The predicted octanol–water partition coefficient (Wildman–Crippen LogP) is 2.68. The molecule has 0 saturated heterocycles. The Morgan fingerprint density at radius 1 is 1.14 bits per heavy atom. The molecule has 1 aromatic heterocycles. The summed E-state index contributed by atoms with van der Waals surface area (Å²) >= 11 is 0. The molecule has 21 heavy (non-hydrogen) atoms. The third-order valence-corrected chi connectivity index (χ3v) is 2.70. The van der Waals surface area contributed by atoms with Crippen molar-refractivity contribution >= 4 is 11.9 Å². The van der Waals surface area contributed by atoms with Crippen molar-refractivity contribution in [2.75, 3.05) is 0 Å². The first kappa shape index (κ1) is 14.7. The quantitative estimate of drug-likeness (QED) is 0.624. The van der Waals surface area contributed by atoms with Gasteiger partial charge in [0, 0.05) is 24.4 Å². The normalized spacial score (nSPS) is 11.5. The lowest BCUT2D eigenvalue weighted by atomic mass is 10.1. The van der Waals surface area contributed by atoms with Crippen molar-refractivity contribution in [1.82, 2.24) is 4.98 Å². The third kappa shape index (κ3) is 4.14. The maximum Gasteiger partial charge on any atom is 0.357 e. The van der Waals surface area contributed by atoms with Crippen LogP contribution in [0.4, 0.5) is 0 Å². The van der Waals surface area contributed by atoms with Crippen LogP contribution in [0.25, 0.3) is 0 Å². The molecule has 0 amide bonds. The fourth-order valence-corrected chi connectivity index (χ4v) is 1.66. The first-order valence-corrected chi connectivity index (χ1v) is 6.57. The molecule has 0 spiro atoms. The van der Waals surface area contributed by atoms with E-state index >= 15 is 0 Å². The standard InChI is InChI=1S/C16H15NO4/c1-2-14(18)21-15(12-7-6-10-17-11-12)16(19)20-13-8-4-3-5-9-13/h3-11,15H,2H2,1H3. The van der Waals surface area contributed by atoms with Crippen molar-refractivity contribution in [3.8, 4) is 5.75 Å². The molecule has 0 fully saturated rings. The molecular weight excluding hydrogens is 270 g/mol. The van der Waals surface area contributed by atoms with Crippen LogP contribution < -0.4 is 4.74 Å². The molecule has 0 aliphatic carbocycles. The Morgan fingerprint density at radius 2 is 1.90 bits per heavy atom. The number of aromatic nitrogens is 1. The first-order valence-electron chi connectivity index (χ1n) is 6.57. The van der Waals surface area contributed by atoms with E-state index < -0.39 is 18.0 Å². The molecule has 2 rings (SSSR count). The number of carbonyl (C=O) groups is 2. The summed E-state index contributed by atoms with van der Waals surface area (Å²) in [5.41, 5.74) is 0.472. The van der Waals surface area contributed by atoms with E-state index in [4.69, 9.17) is 9.47 Å². The van der Waals surface area contributed by atoms with Gasteiger partial charge in [0.25, 0.3) is 0 Å². The minimum Gasteiger partial charge on any atom is -0.445 e. The molecule has 1 aromatic carbocycles. The summed E-state index contributed by atoms with van der Waals surface area (Å²) in [4.78, 5) is 27.7. The predicted molar refractivity (Wildman–Crippen MR) is 75.4 cm³/mol. The zero-order chi connectivity index (χ0) is 15.1. The van der Waals surface area contributed by atoms with Gasteiger partial charge >= 0.3 is 11.9 Å². The smallest absolute Gasteiger partial charge is 0.357 e. The summed E-state index contributed by atoms with van der Waals surface area (Å²) in [7, 11) is 0. The third-order valence-electron chi connectivity index (χ3n) is 2.70. The highest BCUT2D eigenvalue weighted by Gasteiger charge is 2.26. The highest BCUT2D eigenvalue weighted by molar-refractivity contribution is 5.82. The average Bonchev–Trinajstić information content (AvgIpc) is 2.54. The van der Waals surface area contributed by atoms with Gasteiger partial charge in [-0.3, -0.25) is 9.78 Å². The molecule has 0 saturated carbocycles. The van der Waals surface area contributed by atoms with Gasteiger partial charge in [0.05, 0.1) is 0 Å². The van der Waals surface area contributed by atoms with Gasteiger partial charge in [-0.1, -0.05) is 31.2 Å². The number of carbonyl (C=O) groups excluding carboxylic acids is 2. The van der Waals surface area contributed by atoms with Crippen LogP contribution in [0.15, 0.2) is 54.9 Å². The van der Waals surface area contributed by atoms with Crippen molar-refractivity contribution in [3.05, 3.63) is 60.4 Å². The molecule has 1 unspecified atom stereocenters. The molecule has 2 aromatic rings. The summed E-state index contributed by atoms with van der Waals surface area (Å²) in [6.45, 7) is 1.66. The summed E-state index contributed by atoms with van der Waals surface area (Å²) in [5.74, 6) is -0.742. The summed E-state index contributed by atoms with van der Waals surface area (Å²) < 4.78 is 10.4. The van der Waals surface area contributed by atoms with Crippen molar-refractivity contribution in [2.45, 2.75) is 19.4 Å². The molecule has 1 heterocycles. The van der Waals surface area contributed by atoms with Gasteiger partial charge in [0.2, 0.25) is 6.10 Å². The van der Waals surface area contributed by atoms with Gasteiger partial charge in [-0.2, -0.15) is 0 Å².